The number of carbonyl (C=O) groups excluding carboxylic acids is 1. The molecule has 0 aliphatic carbocycles. The first-order valence-electron chi connectivity index (χ1n) is 6.80. The lowest BCUT2D eigenvalue weighted by atomic mass is 10.1. The van der Waals surface area contributed by atoms with Gasteiger partial charge in [0.25, 0.3) is 11.6 Å². The van der Waals surface area contributed by atoms with Crippen molar-refractivity contribution in [3.63, 3.8) is 0 Å². The third-order valence-electron chi connectivity index (χ3n) is 3.12. The topological polar surface area (TPSA) is 81.5 Å². The molecule has 23 heavy (non-hydrogen) atoms. The van der Waals surface area contributed by atoms with Gasteiger partial charge in [0.2, 0.25) is 0 Å². The van der Waals surface area contributed by atoms with Gasteiger partial charge in [0.05, 0.1) is 4.92 Å². The van der Waals surface area contributed by atoms with Gasteiger partial charge in [-0.25, -0.2) is 0 Å². The molecule has 0 bridgehead atoms. The number of nitrogens with one attached hydrogen (secondary N) is 1. The van der Waals surface area contributed by atoms with Gasteiger partial charge in [0.15, 0.2) is 6.61 Å². The standard InChI is InChI=1S/C16H15ClN2O4/c1-10-3-6-15(11(2)7-10)23-9-16(20)18-13-5-4-12(17)8-14(13)19(21)22/h3-8H,9H2,1-2H3,(H,18,20). The molecule has 0 heterocycles. The summed E-state index contributed by atoms with van der Waals surface area (Å²) in [6, 6.07) is 9.64. The van der Waals surface area contributed by atoms with Gasteiger partial charge in [0.1, 0.15) is 11.4 Å². The van der Waals surface area contributed by atoms with Crippen LogP contribution >= 0.6 is 11.6 Å². The van der Waals surface area contributed by atoms with Crippen molar-refractivity contribution in [1.82, 2.24) is 0 Å². The lowest BCUT2D eigenvalue weighted by Gasteiger charge is -2.10. The van der Waals surface area contributed by atoms with Gasteiger partial charge in [-0.05, 0) is 37.6 Å². The number of nitrogens with zero attached hydrogens (tertiary/aromatic N) is 1. The number of rotatable bonds is 5. The van der Waals surface area contributed by atoms with Crippen molar-refractivity contribution in [2.24, 2.45) is 0 Å². The molecule has 0 unspecified atom stereocenters. The Morgan fingerprint density at radius 1 is 1.26 bits per heavy atom. The first-order chi connectivity index (χ1) is 10.9. The minimum absolute atomic E-state index is 0.0774. The van der Waals surface area contributed by atoms with Gasteiger partial charge in [-0.2, -0.15) is 0 Å². The maximum absolute atomic E-state index is 11.9. The second-order valence-corrected chi connectivity index (χ2v) is 5.46. The molecule has 0 aromatic heterocycles. The molecule has 120 valence electrons. The van der Waals surface area contributed by atoms with E-state index in [1.807, 2.05) is 26.0 Å². The number of halogens is 1. The molecular weight excluding hydrogens is 320 g/mol. The fraction of sp³-hybridized carbons (Fsp3) is 0.188. The molecule has 0 saturated carbocycles. The quantitative estimate of drug-likeness (QED) is 0.664. The molecule has 0 spiro atoms. The van der Waals surface area contributed by atoms with E-state index >= 15 is 0 Å². The maximum Gasteiger partial charge on any atom is 0.294 e. The van der Waals surface area contributed by atoms with E-state index in [1.54, 1.807) is 6.07 Å². The van der Waals surface area contributed by atoms with Crippen LogP contribution in [0.15, 0.2) is 36.4 Å². The molecule has 7 heteroatoms. The number of hydrogen-bond acceptors (Lipinski definition) is 4. The van der Waals surface area contributed by atoms with Crippen LogP contribution in [0.2, 0.25) is 5.02 Å². The fourth-order valence-corrected chi connectivity index (χ4v) is 2.22. The van der Waals surface area contributed by atoms with E-state index in [9.17, 15) is 14.9 Å². The van der Waals surface area contributed by atoms with Crippen LogP contribution in [-0.4, -0.2) is 17.4 Å². The Morgan fingerprint density at radius 2 is 2.00 bits per heavy atom. The van der Waals surface area contributed by atoms with E-state index in [0.717, 1.165) is 11.1 Å². The summed E-state index contributed by atoms with van der Waals surface area (Å²) in [5, 5.41) is 13.7. The summed E-state index contributed by atoms with van der Waals surface area (Å²) in [4.78, 5) is 22.3. The van der Waals surface area contributed by atoms with E-state index in [1.165, 1.54) is 18.2 Å². The van der Waals surface area contributed by atoms with E-state index in [2.05, 4.69) is 5.32 Å². The lowest BCUT2D eigenvalue weighted by molar-refractivity contribution is -0.383. The normalized spacial score (nSPS) is 10.2. The van der Waals surface area contributed by atoms with Crippen molar-refractivity contribution in [1.29, 1.82) is 0 Å². The predicted molar refractivity (Wildman–Crippen MR) is 88.1 cm³/mol. The molecule has 1 N–H and O–H groups in total. The highest BCUT2D eigenvalue weighted by Crippen LogP contribution is 2.27. The van der Waals surface area contributed by atoms with Crippen molar-refractivity contribution >= 4 is 28.9 Å². The summed E-state index contributed by atoms with van der Waals surface area (Å²) in [6.45, 7) is 3.59. The van der Waals surface area contributed by atoms with Crippen molar-refractivity contribution < 1.29 is 14.5 Å². The van der Waals surface area contributed by atoms with E-state index in [4.69, 9.17) is 16.3 Å². The van der Waals surface area contributed by atoms with Crippen LogP contribution in [0, 0.1) is 24.0 Å². The molecule has 2 rings (SSSR count). The average molecular weight is 335 g/mol. The molecular formula is C16H15ClN2O4. The number of carbonyl (C=O) groups is 1. The summed E-state index contributed by atoms with van der Waals surface area (Å²) in [6.07, 6.45) is 0. The zero-order chi connectivity index (χ0) is 17.0. The number of ether oxygens (including phenoxy) is 1. The molecule has 0 atom stereocenters. The van der Waals surface area contributed by atoms with Crippen LogP contribution < -0.4 is 10.1 Å². The third-order valence-corrected chi connectivity index (χ3v) is 3.35. The van der Waals surface area contributed by atoms with Crippen LogP contribution in [-0.2, 0) is 4.79 Å². The number of benzene rings is 2. The summed E-state index contributed by atoms with van der Waals surface area (Å²) < 4.78 is 5.44. The Bertz CT molecular complexity index is 762. The van der Waals surface area contributed by atoms with E-state index < -0.39 is 10.8 Å². The predicted octanol–water partition coefficient (Wildman–Crippen LogP) is 3.88. The number of nitro groups is 1. The molecule has 1 amide bonds. The van der Waals surface area contributed by atoms with Crippen LogP contribution in [0.4, 0.5) is 11.4 Å². The maximum atomic E-state index is 11.9. The van der Waals surface area contributed by atoms with Gasteiger partial charge in [-0.3, -0.25) is 14.9 Å². The van der Waals surface area contributed by atoms with Crippen molar-refractivity contribution in [2.45, 2.75) is 13.8 Å². The van der Waals surface area contributed by atoms with Gasteiger partial charge in [-0.1, -0.05) is 29.3 Å². The molecule has 0 saturated heterocycles. The van der Waals surface area contributed by atoms with Gasteiger partial charge in [-0.15, -0.1) is 0 Å². The summed E-state index contributed by atoms with van der Waals surface area (Å²) in [5.74, 6) is 0.103. The summed E-state index contributed by atoms with van der Waals surface area (Å²) >= 11 is 5.73. The molecule has 0 aliphatic heterocycles. The Morgan fingerprint density at radius 3 is 2.65 bits per heavy atom. The van der Waals surface area contributed by atoms with Crippen LogP contribution in [0.5, 0.6) is 5.75 Å². The Balaban J connectivity index is 2.04. The van der Waals surface area contributed by atoms with E-state index in [-0.39, 0.29) is 23.0 Å². The number of hydrogen-bond donors (Lipinski definition) is 1. The number of aryl methyl sites for hydroxylation is 2. The second kappa shape index (κ2) is 7.11. The molecule has 2 aromatic rings. The molecule has 0 radical (unpaired) electrons. The number of anilines is 1. The van der Waals surface area contributed by atoms with Crippen molar-refractivity contribution in [3.05, 3.63) is 62.7 Å². The Kier molecular flexibility index (Phi) is 5.18. The first kappa shape index (κ1) is 16.8. The number of nitro benzene ring substituents is 1. The van der Waals surface area contributed by atoms with Crippen molar-refractivity contribution in [2.75, 3.05) is 11.9 Å². The third kappa shape index (κ3) is 4.43. The molecule has 6 nitrogen and oxygen atoms in total. The zero-order valence-corrected chi connectivity index (χ0v) is 13.4. The summed E-state index contributed by atoms with van der Waals surface area (Å²) in [5.41, 5.74) is 1.82. The molecule has 0 aliphatic rings. The minimum Gasteiger partial charge on any atom is -0.483 e. The summed E-state index contributed by atoms with van der Waals surface area (Å²) in [7, 11) is 0. The highest BCUT2D eigenvalue weighted by Gasteiger charge is 2.16. The van der Waals surface area contributed by atoms with Gasteiger partial charge >= 0.3 is 0 Å². The largest absolute Gasteiger partial charge is 0.483 e. The Labute approximate surface area is 138 Å². The molecule has 2 aromatic carbocycles. The fourth-order valence-electron chi connectivity index (χ4n) is 2.05. The average Bonchev–Trinajstić information content (AvgIpc) is 2.48. The van der Waals surface area contributed by atoms with Gasteiger partial charge in [0, 0.05) is 11.1 Å². The minimum atomic E-state index is -0.605. The second-order valence-electron chi connectivity index (χ2n) is 5.02. The van der Waals surface area contributed by atoms with Gasteiger partial charge < -0.3 is 10.1 Å². The van der Waals surface area contributed by atoms with Crippen LogP contribution in [0.1, 0.15) is 11.1 Å². The number of amides is 1. The Hall–Kier alpha value is -2.60. The monoisotopic (exact) mass is 334 g/mol. The van der Waals surface area contributed by atoms with Crippen LogP contribution in [0.3, 0.4) is 0 Å². The first-order valence-corrected chi connectivity index (χ1v) is 7.18. The highest BCUT2D eigenvalue weighted by molar-refractivity contribution is 6.31. The smallest absolute Gasteiger partial charge is 0.294 e. The lowest BCUT2D eigenvalue weighted by Crippen LogP contribution is -2.21. The molecule has 0 fully saturated rings. The zero-order valence-electron chi connectivity index (χ0n) is 12.6. The SMILES string of the molecule is Cc1ccc(OCC(=O)Nc2ccc(Cl)cc2[N+](=O)[O-])c(C)c1. The van der Waals surface area contributed by atoms with Crippen molar-refractivity contribution in [3.8, 4) is 5.75 Å². The van der Waals surface area contributed by atoms with E-state index in [0.29, 0.717) is 5.75 Å². The van der Waals surface area contributed by atoms with Crippen LogP contribution in [0.25, 0.3) is 0 Å². The highest BCUT2D eigenvalue weighted by atomic mass is 35.5.